The predicted octanol–water partition coefficient (Wildman–Crippen LogP) is 2.47. The molecule has 0 bridgehead atoms. The summed E-state index contributed by atoms with van der Waals surface area (Å²) in [4.78, 5) is 2.41. The lowest BCUT2D eigenvalue weighted by atomic mass is 10.1. The lowest BCUT2D eigenvalue weighted by Crippen LogP contribution is -2.40. The average molecular weight is 243 g/mol. The van der Waals surface area contributed by atoms with E-state index < -0.39 is 0 Å². The van der Waals surface area contributed by atoms with Gasteiger partial charge in [0, 0.05) is 30.9 Å². The first-order chi connectivity index (χ1) is 8.70. The Morgan fingerprint density at radius 1 is 1.44 bits per heavy atom. The van der Waals surface area contributed by atoms with E-state index in [2.05, 4.69) is 54.4 Å². The van der Waals surface area contributed by atoms with Gasteiger partial charge in [-0.15, -0.1) is 0 Å². The van der Waals surface area contributed by atoms with Gasteiger partial charge < -0.3 is 10.2 Å². The molecule has 1 aromatic rings. The van der Waals surface area contributed by atoms with Crippen LogP contribution in [-0.4, -0.2) is 25.2 Å². The van der Waals surface area contributed by atoms with E-state index in [9.17, 15) is 0 Å². The van der Waals surface area contributed by atoms with Crippen molar-refractivity contribution in [3.05, 3.63) is 29.8 Å². The Bertz CT molecular complexity index is 436. The molecule has 1 aromatic carbocycles. The molecule has 0 radical (unpaired) electrons. The van der Waals surface area contributed by atoms with Crippen molar-refractivity contribution in [3.8, 4) is 6.07 Å². The molecule has 1 fully saturated rings. The van der Waals surface area contributed by atoms with Crippen LogP contribution >= 0.6 is 0 Å². The van der Waals surface area contributed by atoms with E-state index in [1.807, 2.05) is 0 Å². The molecular formula is C15H21N3. The largest absolute Gasteiger partial charge is 0.370 e. The molecule has 1 heterocycles. The smallest absolute Gasteiger partial charge is 0.0638 e. The molecule has 1 N–H and O–H groups in total. The van der Waals surface area contributed by atoms with E-state index in [1.165, 1.54) is 11.3 Å². The van der Waals surface area contributed by atoms with Crippen LogP contribution in [0.3, 0.4) is 0 Å². The van der Waals surface area contributed by atoms with Gasteiger partial charge in [0.2, 0.25) is 0 Å². The zero-order valence-electron chi connectivity index (χ0n) is 11.2. The van der Waals surface area contributed by atoms with Crippen molar-refractivity contribution < 1.29 is 0 Å². The maximum Gasteiger partial charge on any atom is 0.0638 e. The molecule has 2 rings (SSSR count). The molecule has 3 nitrogen and oxygen atoms in total. The third kappa shape index (κ3) is 3.02. The number of para-hydroxylation sites is 1. The summed E-state index contributed by atoms with van der Waals surface area (Å²) in [5.41, 5.74) is 2.61. The van der Waals surface area contributed by atoms with Gasteiger partial charge >= 0.3 is 0 Å². The van der Waals surface area contributed by atoms with E-state index in [0.29, 0.717) is 12.5 Å². The van der Waals surface area contributed by atoms with Crippen LogP contribution in [0.4, 0.5) is 5.69 Å². The van der Waals surface area contributed by atoms with Gasteiger partial charge in [-0.05, 0) is 31.9 Å². The third-order valence-electron chi connectivity index (χ3n) is 3.59. The molecule has 1 saturated heterocycles. The van der Waals surface area contributed by atoms with Gasteiger partial charge in [0.15, 0.2) is 0 Å². The molecule has 0 aromatic heterocycles. The Balaban J connectivity index is 2.17. The number of benzene rings is 1. The number of rotatable bonds is 2. The van der Waals surface area contributed by atoms with Crippen molar-refractivity contribution >= 4 is 5.69 Å². The Morgan fingerprint density at radius 3 is 2.94 bits per heavy atom. The van der Waals surface area contributed by atoms with Crippen molar-refractivity contribution in [2.75, 3.05) is 18.0 Å². The minimum absolute atomic E-state index is 0.270. The Labute approximate surface area is 109 Å². The van der Waals surface area contributed by atoms with Crippen LogP contribution < -0.4 is 10.2 Å². The van der Waals surface area contributed by atoms with E-state index in [1.54, 1.807) is 0 Å². The van der Waals surface area contributed by atoms with Gasteiger partial charge in [0.25, 0.3) is 0 Å². The summed E-state index contributed by atoms with van der Waals surface area (Å²) in [5, 5.41) is 12.4. The highest BCUT2D eigenvalue weighted by molar-refractivity contribution is 5.53. The number of hydrogen-bond donors (Lipinski definition) is 1. The molecule has 18 heavy (non-hydrogen) atoms. The number of hydrogen-bond acceptors (Lipinski definition) is 3. The van der Waals surface area contributed by atoms with Crippen molar-refractivity contribution in [1.82, 2.24) is 5.32 Å². The standard InChI is InChI=1S/C15H21N3/c1-12-5-3-4-6-15(12)18-10-8-13(2)17-14(11-18)7-9-16/h3-6,13-14,17H,7-8,10-11H2,1-2H3. The van der Waals surface area contributed by atoms with Crippen LogP contribution in [0.5, 0.6) is 0 Å². The van der Waals surface area contributed by atoms with Gasteiger partial charge in [-0.2, -0.15) is 5.26 Å². The van der Waals surface area contributed by atoms with E-state index in [-0.39, 0.29) is 6.04 Å². The predicted molar refractivity (Wildman–Crippen MR) is 74.6 cm³/mol. The Morgan fingerprint density at radius 2 is 2.22 bits per heavy atom. The Kier molecular flexibility index (Phi) is 4.22. The minimum atomic E-state index is 0.270. The van der Waals surface area contributed by atoms with Gasteiger partial charge in [-0.25, -0.2) is 0 Å². The summed E-state index contributed by atoms with van der Waals surface area (Å²) in [7, 11) is 0. The van der Waals surface area contributed by atoms with E-state index in [4.69, 9.17) is 5.26 Å². The maximum absolute atomic E-state index is 8.90. The summed E-state index contributed by atoms with van der Waals surface area (Å²) >= 11 is 0. The number of anilines is 1. The van der Waals surface area contributed by atoms with E-state index in [0.717, 1.165) is 19.5 Å². The topological polar surface area (TPSA) is 39.1 Å². The molecule has 1 aliphatic heterocycles. The highest BCUT2D eigenvalue weighted by atomic mass is 15.2. The summed E-state index contributed by atoms with van der Waals surface area (Å²) in [6, 6.07) is 11.5. The highest BCUT2D eigenvalue weighted by Crippen LogP contribution is 2.22. The lowest BCUT2D eigenvalue weighted by molar-refractivity contribution is 0.473. The van der Waals surface area contributed by atoms with Gasteiger partial charge in [0.05, 0.1) is 12.5 Å². The number of nitriles is 1. The van der Waals surface area contributed by atoms with Crippen LogP contribution in [0.25, 0.3) is 0 Å². The maximum atomic E-state index is 8.90. The quantitative estimate of drug-likeness (QED) is 0.867. The zero-order valence-corrected chi connectivity index (χ0v) is 11.2. The van der Waals surface area contributed by atoms with Crippen LogP contribution in [-0.2, 0) is 0 Å². The van der Waals surface area contributed by atoms with Gasteiger partial charge in [-0.1, -0.05) is 18.2 Å². The fourth-order valence-electron chi connectivity index (χ4n) is 2.62. The number of nitrogens with one attached hydrogen (secondary N) is 1. The monoisotopic (exact) mass is 243 g/mol. The third-order valence-corrected chi connectivity index (χ3v) is 3.59. The lowest BCUT2D eigenvalue weighted by Gasteiger charge is -2.27. The summed E-state index contributed by atoms with van der Waals surface area (Å²) < 4.78 is 0. The molecule has 2 atom stereocenters. The van der Waals surface area contributed by atoms with Crippen LogP contribution in [0.1, 0.15) is 25.3 Å². The van der Waals surface area contributed by atoms with Gasteiger partial charge in [0.1, 0.15) is 0 Å². The SMILES string of the molecule is Cc1ccccc1N1CCC(C)NC(CC#N)C1. The minimum Gasteiger partial charge on any atom is -0.370 e. The molecule has 0 spiro atoms. The number of nitrogens with zero attached hydrogens (tertiary/aromatic N) is 2. The molecular weight excluding hydrogens is 222 g/mol. The molecule has 0 amide bonds. The molecule has 3 heteroatoms. The highest BCUT2D eigenvalue weighted by Gasteiger charge is 2.21. The second-order valence-electron chi connectivity index (χ2n) is 5.15. The van der Waals surface area contributed by atoms with Crippen LogP contribution in [0.15, 0.2) is 24.3 Å². The summed E-state index contributed by atoms with van der Waals surface area (Å²) in [6.07, 6.45) is 1.70. The van der Waals surface area contributed by atoms with Crippen molar-refractivity contribution in [2.45, 2.75) is 38.8 Å². The first kappa shape index (κ1) is 12.9. The summed E-state index contributed by atoms with van der Waals surface area (Å²) in [5.74, 6) is 0. The molecule has 0 aliphatic carbocycles. The summed E-state index contributed by atoms with van der Waals surface area (Å²) in [6.45, 7) is 6.33. The number of aryl methyl sites for hydroxylation is 1. The molecule has 0 saturated carbocycles. The van der Waals surface area contributed by atoms with E-state index >= 15 is 0 Å². The van der Waals surface area contributed by atoms with Crippen LogP contribution in [0, 0.1) is 18.3 Å². The molecule has 96 valence electrons. The fourth-order valence-corrected chi connectivity index (χ4v) is 2.62. The van der Waals surface area contributed by atoms with Crippen molar-refractivity contribution in [1.29, 1.82) is 5.26 Å². The first-order valence-corrected chi connectivity index (χ1v) is 6.64. The molecule has 2 unspecified atom stereocenters. The second-order valence-corrected chi connectivity index (χ2v) is 5.15. The average Bonchev–Trinajstić information content (AvgIpc) is 2.52. The molecule has 1 aliphatic rings. The first-order valence-electron chi connectivity index (χ1n) is 6.64. The normalized spacial score (nSPS) is 24.4. The fraction of sp³-hybridized carbons (Fsp3) is 0.533. The Hall–Kier alpha value is -1.53. The second kappa shape index (κ2) is 5.88. The van der Waals surface area contributed by atoms with Crippen LogP contribution in [0.2, 0.25) is 0 Å². The van der Waals surface area contributed by atoms with Crippen molar-refractivity contribution in [3.63, 3.8) is 0 Å². The van der Waals surface area contributed by atoms with Crippen molar-refractivity contribution in [2.24, 2.45) is 0 Å². The van der Waals surface area contributed by atoms with Gasteiger partial charge in [-0.3, -0.25) is 0 Å². The zero-order chi connectivity index (χ0) is 13.0.